The van der Waals surface area contributed by atoms with Crippen molar-refractivity contribution < 1.29 is 29.2 Å². The highest BCUT2D eigenvalue weighted by molar-refractivity contribution is 5.94. The summed E-state index contributed by atoms with van der Waals surface area (Å²) in [6.07, 6.45) is 14.4. The lowest BCUT2D eigenvalue weighted by molar-refractivity contribution is -0.203. The van der Waals surface area contributed by atoms with Gasteiger partial charge in [0.25, 0.3) is 0 Å². The summed E-state index contributed by atoms with van der Waals surface area (Å²) < 4.78 is 17.6. The average Bonchev–Trinajstić information content (AvgIpc) is 3.36. The number of esters is 1. The van der Waals surface area contributed by atoms with Crippen molar-refractivity contribution >= 4 is 5.97 Å². The fraction of sp³-hybridized carbons (Fsp3) is 0.710. The van der Waals surface area contributed by atoms with Gasteiger partial charge in [0.15, 0.2) is 11.5 Å². The van der Waals surface area contributed by atoms with Crippen LogP contribution in [0.3, 0.4) is 0 Å². The van der Waals surface area contributed by atoms with Crippen LogP contribution in [0.25, 0.3) is 0 Å². The van der Waals surface area contributed by atoms with E-state index in [1.165, 1.54) is 12.7 Å². The number of allylic oxidation sites excluding steroid dienone is 2. The Kier molecular flexibility index (Phi) is 5.88. The number of piperidine rings is 2. The predicted molar refractivity (Wildman–Crippen MR) is 140 cm³/mol. The van der Waals surface area contributed by atoms with Gasteiger partial charge in [0.05, 0.1) is 19.3 Å². The van der Waals surface area contributed by atoms with Crippen LogP contribution in [-0.2, 0) is 19.0 Å². The highest BCUT2D eigenvalue weighted by atomic mass is 16.6. The molecule has 7 aliphatic rings. The summed E-state index contributed by atoms with van der Waals surface area (Å²) in [5, 5.41) is 22.5. The van der Waals surface area contributed by atoms with Crippen molar-refractivity contribution in [3.63, 3.8) is 0 Å². The van der Waals surface area contributed by atoms with E-state index in [0.717, 1.165) is 63.5 Å². The number of hydrogen-bond acceptors (Lipinski definition) is 7. The minimum Gasteiger partial charge on any atom is -0.492 e. The van der Waals surface area contributed by atoms with Crippen LogP contribution in [0.15, 0.2) is 46.3 Å². The molecule has 3 saturated heterocycles. The first-order chi connectivity index (χ1) is 18.4. The summed E-state index contributed by atoms with van der Waals surface area (Å²) in [4.78, 5) is 15.2. The van der Waals surface area contributed by atoms with Crippen molar-refractivity contribution in [1.29, 1.82) is 0 Å². The molecule has 206 valence electrons. The summed E-state index contributed by atoms with van der Waals surface area (Å²) in [5.41, 5.74) is 0.991. The van der Waals surface area contributed by atoms with E-state index in [-0.39, 0.29) is 41.2 Å². The Labute approximate surface area is 225 Å². The molecule has 1 saturated carbocycles. The normalized spacial score (nSPS) is 46.1. The maximum Gasteiger partial charge on any atom is 0.345 e. The number of carbonyl (C=O) groups excluding carboxylic acids is 1. The van der Waals surface area contributed by atoms with Gasteiger partial charge in [-0.25, -0.2) is 4.79 Å². The molecule has 7 rings (SSSR count). The quantitative estimate of drug-likeness (QED) is 0.412. The topological polar surface area (TPSA) is 88.5 Å². The zero-order valence-electron chi connectivity index (χ0n) is 22.8. The molecule has 0 aromatic carbocycles. The lowest BCUT2D eigenvalue weighted by atomic mass is 9.54. The minimum absolute atomic E-state index is 0.0152. The maximum absolute atomic E-state index is 12.8. The average molecular weight is 524 g/mol. The summed E-state index contributed by atoms with van der Waals surface area (Å²) in [7, 11) is 1.49. The molecule has 2 aliphatic carbocycles. The highest BCUT2D eigenvalue weighted by Crippen LogP contribution is 2.59. The van der Waals surface area contributed by atoms with Gasteiger partial charge < -0.3 is 24.4 Å². The van der Waals surface area contributed by atoms with Crippen LogP contribution < -0.4 is 0 Å². The molecule has 7 heteroatoms. The molecule has 7 nitrogen and oxygen atoms in total. The molecule has 0 aromatic heterocycles. The number of cyclic esters (lactones) is 1. The summed E-state index contributed by atoms with van der Waals surface area (Å²) in [6, 6.07) is 0.859. The Balaban J connectivity index is 1.27. The van der Waals surface area contributed by atoms with Crippen LogP contribution in [0.5, 0.6) is 0 Å². The molecule has 4 fully saturated rings. The molecule has 5 aliphatic heterocycles. The Hall–Kier alpha value is -2.09. The third-order valence-electron chi connectivity index (χ3n) is 11.1. The summed E-state index contributed by atoms with van der Waals surface area (Å²) >= 11 is 0. The number of aliphatic hydroxyl groups is 2. The second kappa shape index (κ2) is 8.97. The van der Waals surface area contributed by atoms with Gasteiger partial charge in [0.1, 0.15) is 11.3 Å². The van der Waals surface area contributed by atoms with Crippen LogP contribution >= 0.6 is 0 Å². The zero-order valence-corrected chi connectivity index (χ0v) is 22.8. The van der Waals surface area contributed by atoms with Gasteiger partial charge in [0, 0.05) is 35.9 Å². The molecule has 9 unspecified atom stereocenters. The monoisotopic (exact) mass is 523 g/mol. The fourth-order valence-corrected chi connectivity index (χ4v) is 9.50. The van der Waals surface area contributed by atoms with Gasteiger partial charge in [-0.15, -0.1) is 0 Å². The smallest absolute Gasteiger partial charge is 0.345 e. The molecule has 0 aromatic rings. The van der Waals surface area contributed by atoms with Gasteiger partial charge >= 0.3 is 5.97 Å². The summed E-state index contributed by atoms with van der Waals surface area (Å²) in [6.45, 7) is 4.06. The van der Waals surface area contributed by atoms with Gasteiger partial charge in [-0.2, -0.15) is 0 Å². The highest BCUT2D eigenvalue weighted by Gasteiger charge is 2.63. The van der Waals surface area contributed by atoms with E-state index in [4.69, 9.17) is 14.2 Å². The van der Waals surface area contributed by atoms with Crippen molar-refractivity contribution in [2.24, 2.45) is 29.6 Å². The van der Waals surface area contributed by atoms with Gasteiger partial charge in [-0.1, -0.05) is 31.9 Å². The van der Waals surface area contributed by atoms with E-state index < -0.39 is 18.2 Å². The molecule has 0 radical (unpaired) electrons. The molecule has 5 heterocycles. The van der Waals surface area contributed by atoms with Gasteiger partial charge in [-0.05, 0) is 69.3 Å². The van der Waals surface area contributed by atoms with E-state index >= 15 is 0 Å². The first-order valence-electron chi connectivity index (χ1n) is 14.8. The molecule has 2 N–H and O–H groups in total. The molecule has 9 atom stereocenters. The van der Waals surface area contributed by atoms with Crippen LogP contribution in [0.1, 0.15) is 71.6 Å². The lowest BCUT2D eigenvalue weighted by Crippen LogP contribution is -2.72. The first-order valence-corrected chi connectivity index (χ1v) is 14.8. The lowest BCUT2D eigenvalue weighted by Gasteiger charge is -2.64. The fourth-order valence-electron chi connectivity index (χ4n) is 9.50. The molecular formula is C31H41NO6. The van der Waals surface area contributed by atoms with Crippen molar-refractivity contribution in [3.05, 3.63) is 46.3 Å². The number of ether oxygens (including phenoxy) is 3. The molecule has 0 spiro atoms. The largest absolute Gasteiger partial charge is 0.492 e. The minimum atomic E-state index is -0.661. The van der Waals surface area contributed by atoms with Gasteiger partial charge in [0.2, 0.25) is 5.76 Å². The third-order valence-corrected chi connectivity index (χ3v) is 11.1. The van der Waals surface area contributed by atoms with E-state index in [0.29, 0.717) is 29.4 Å². The number of rotatable bonds is 2. The Morgan fingerprint density at radius 3 is 2.76 bits per heavy atom. The number of hydrogen-bond donors (Lipinski definition) is 2. The van der Waals surface area contributed by atoms with Crippen LogP contribution in [0.2, 0.25) is 0 Å². The van der Waals surface area contributed by atoms with E-state index in [9.17, 15) is 15.0 Å². The van der Waals surface area contributed by atoms with Gasteiger partial charge in [-0.3, -0.25) is 4.90 Å². The second-order valence-electron chi connectivity index (χ2n) is 12.9. The molecule has 0 bridgehead atoms. The number of aliphatic hydroxyl groups excluding tert-OH is 1. The van der Waals surface area contributed by atoms with Crippen molar-refractivity contribution in [3.8, 4) is 0 Å². The van der Waals surface area contributed by atoms with E-state index in [1.54, 1.807) is 0 Å². The molecule has 0 amide bonds. The number of nitrogens with zero attached hydrogens (tertiary/aromatic N) is 1. The SMILES string of the molecule is COC1=C(CO)C(=O)OC1=C1OC2=CCC3CC4CCC5=CCC(C)CC5C4(O)C4CCCC(C2C1C)N34. The first kappa shape index (κ1) is 24.9. The second-order valence-corrected chi connectivity index (χ2v) is 12.9. The van der Waals surface area contributed by atoms with Crippen LogP contribution in [-0.4, -0.2) is 58.5 Å². The number of carbonyl (C=O) groups is 1. The number of methoxy groups -OCH3 is 1. The van der Waals surface area contributed by atoms with Crippen LogP contribution in [0, 0.1) is 29.6 Å². The van der Waals surface area contributed by atoms with Crippen molar-refractivity contribution in [2.45, 2.75) is 95.4 Å². The van der Waals surface area contributed by atoms with Crippen molar-refractivity contribution in [1.82, 2.24) is 4.90 Å². The Morgan fingerprint density at radius 1 is 1.13 bits per heavy atom. The van der Waals surface area contributed by atoms with E-state index in [2.05, 4.69) is 30.9 Å². The Morgan fingerprint density at radius 2 is 1.97 bits per heavy atom. The standard InChI is InChI=1S/C31H41NO6/c1-16-7-8-18-9-10-19-14-20-11-12-24-26(23-5-4-6-25(32(20)23)31(19,35)22(18)13-16)17(2)27(37-24)29-28(36-3)21(15-33)30(34)38-29/h8,12,16-17,19-20,22-23,25-26,33,35H,4-7,9-11,13-15H2,1-3H3. The Bertz CT molecular complexity index is 1170. The van der Waals surface area contributed by atoms with Crippen molar-refractivity contribution in [2.75, 3.05) is 13.7 Å². The van der Waals surface area contributed by atoms with Crippen LogP contribution in [0.4, 0.5) is 0 Å². The maximum atomic E-state index is 12.8. The predicted octanol–water partition coefficient (Wildman–Crippen LogP) is 4.33. The molecular weight excluding hydrogens is 482 g/mol. The summed E-state index contributed by atoms with van der Waals surface area (Å²) in [5.74, 6) is 2.97. The zero-order chi connectivity index (χ0) is 26.3. The molecule has 38 heavy (non-hydrogen) atoms. The third kappa shape index (κ3) is 3.34. The van der Waals surface area contributed by atoms with E-state index in [1.807, 2.05) is 0 Å². The number of fused-ring (bicyclic) bond motifs is 6.